The summed E-state index contributed by atoms with van der Waals surface area (Å²) in [6.45, 7) is 3.98. The minimum atomic E-state index is -0.670. The van der Waals surface area contributed by atoms with Gasteiger partial charge in [-0.1, -0.05) is 6.07 Å². The Morgan fingerprint density at radius 3 is 2.61 bits per heavy atom. The summed E-state index contributed by atoms with van der Waals surface area (Å²) >= 11 is 0. The number of carbonyl (C=O) groups excluding carboxylic acids is 1. The SMILES string of the molecule is CCOC(=O)C1=C(NCCc2ccc(OC)c(OC)c2)CCC2(C1)OCCO2. The standard InChI is InChI=1S/C21H29NO6/c1-4-26-20(23)16-14-21(27-11-12-28-21)9-7-17(16)22-10-8-15-5-6-18(24-2)19(13-15)25-3/h5-6,13,22H,4,7-12,14H2,1-3H3. The van der Waals surface area contributed by atoms with Crippen LogP contribution < -0.4 is 14.8 Å². The van der Waals surface area contributed by atoms with Crippen molar-refractivity contribution < 1.29 is 28.5 Å². The summed E-state index contributed by atoms with van der Waals surface area (Å²) in [5, 5.41) is 3.43. The summed E-state index contributed by atoms with van der Waals surface area (Å²) in [6, 6.07) is 5.88. The highest BCUT2D eigenvalue weighted by molar-refractivity contribution is 5.89. The van der Waals surface area contributed by atoms with Gasteiger partial charge in [-0.25, -0.2) is 4.79 Å². The Morgan fingerprint density at radius 1 is 1.18 bits per heavy atom. The fourth-order valence-corrected chi connectivity index (χ4v) is 3.68. The zero-order valence-electron chi connectivity index (χ0n) is 16.8. The highest BCUT2D eigenvalue weighted by atomic mass is 16.7. The topological polar surface area (TPSA) is 75.3 Å². The molecule has 1 N–H and O–H groups in total. The van der Waals surface area contributed by atoms with E-state index in [0.29, 0.717) is 56.3 Å². The molecule has 3 rings (SSSR count). The summed E-state index contributed by atoms with van der Waals surface area (Å²) in [4.78, 5) is 12.5. The zero-order chi connectivity index (χ0) is 20.0. The number of benzene rings is 1. The maximum Gasteiger partial charge on any atom is 0.335 e. The molecule has 1 aromatic rings. The largest absolute Gasteiger partial charge is 0.493 e. The first-order valence-corrected chi connectivity index (χ1v) is 9.72. The number of allylic oxidation sites excluding steroid dienone is 1. The molecule has 0 aromatic heterocycles. The lowest BCUT2D eigenvalue weighted by Crippen LogP contribution is -2.38. The van der Waals surface area contributed by atoms with Gasteiger partial charge in [0.2, 0.25) is 0 Å². The molecule has 1 aliphatic heterocycles. The van der Waals surface area contributed by atoms with Crippen molar-refractivity contribution in [2.24, 2.45) is 0 Å². The normalized spacial score (nSPS) is 18.2. The molecular weight excluding hydrogens is 362 g/mol. The van der Waals surface area contributed by atoms with Crippen LogP contribution in [-0.2, 0) is 25.4 Å². The van der Waals surface area contributed by atoms with E-state index in [1.54, 1.807) is 14.2 Å². The predicted octanol–water partition coefficient (Wildman–Crippen LogP) is 2.58. The van der Waals surface area contributed by atoms with Crippen molar-refractivity contribution in [2.45, 2.75) is 38.4 Å². The second-order valence-corrected chi connectivity index (χ2v) is 6.83. The van der Waals surface area contributed by atoms with Crippen LogP contribution in [0.5, 0.6) is 11.5 Å². The third-order valence-corrected chi connectivity index (χ3v) is 5.10. The van der Waals surface area contributed by atoms with E-state index < -0.39 is 5.79 Å². The maximum absolute atomic E-state index is 12.5. The van der Waals surface area contributed by atoms with Crippen LogP contribution in [0.3, 0.4) is 0 Å². The van der Waals surface area contributed by atoms with Crippen LogP contribution in [0.1, 0.15) is 31.7 Å². The molecule has 0 bridgehead atoms. The molecule has 28 heavy (non-hydrogen) atoms. The summed E-state index contributed by atoms with van der Waals surface area (Å²) in [6.07, 6.45) is 2.64. The van der Waals surface area contributed by atoms with Gasteiger partial charge < -0.3 is 29.0 Å². The highest BCUT2D eigenvalue weighted by Gasteiger charge is 2.42. The summed E-state index contributed by atoms with van der Waals surface area (Å²) in [7, 11) is 3.25. The van der Waals surface area contributed by atoms with Crippen molar-refractivity contribution in [3.63, 3.8) is 0 Å². The molecular formula is C21H29NO6. The van der Waals surface area contributed by atoms with E-state index in [1.807, 2.05) is 25.1 Å². The first kappa shape index (κ1) is 20.5. The van der Waals surface area contributed by atoms with Gasteiger partial charge in [0.05, 0.1) is 39.6 Å². The van der Waals surface area contributed by atoms with Crippen LogP contribution in [0.25, 0.3) is 0 Å². The summed E-state index contributed by atoms with van der Waals surface area (Å²) < 4.78 is 27.5. The van der Waals surface area contributed by atoms with Gasteiger partial charge in [-0.05, 0) is 37.5 Å². The van der Waals surface area contributed by atoms with Gasteiger partial charge in [0.25, 0.3) is 0 Å². The van der Waals surface area contributed by atoms with E-state index in [1.165, 1.54) is 0 Å². The fourth-order valence-electron chi connectivity index (χ4n) is 3.68. The van der Waals surface area contributed by atoms with E-state index in [9.17, 15) is 4.79 Å². The smallest absolute Gasteiger partial charge is 0.335 e. The number of rotatable bonds is 8. The van der Waals surface area contributed by atoms with Gasteiger partial charge in [-0.2, -0.15) is 0 Å². The number of esters is 1. The van der Waals surface area contributed by atoms with E-state index in [2.05, 4.69) is 5.32 Å². The van der Waals surface area contributed by atoms with Crippen molar-refractivity contribution >= 4 is 5.97 Å². The number of carbonyl (C=O) groups is 1. The quantitative estimate of drug-likeness (QED) is 0.683. The molecule has 7 nitrogen and oxygen atoms in total. The molecule has 1 aliphatic carbocycles. The monoisotopic (exact) mass is 391 g/mol. The molecule has 0 radical (unpaired) electrons. The molecule has 0 saturated carbocycles. The number of nitrogens with one attached hydrogen (secondary N) is 1. The predicted molar refractivity (Wildman–Crippen MR) is 103 cm³/mol. The van der Waals surface area contributed by atoms with Crippen molar-refractivity contribution in [2.75, 3.05) is 40.6 Å². The summed E-state index contributed by atoms with van der Waals surface area (Å²) in [5.74, 6) is 0.452. The van der Waals surface area contributed by atoms with Crippen molar-refractivity contribution in [1.82, 2.24) is 5.32 Å². The molecule has 1 saturated heterocycles. The third kappa shape index (κ3) is 4.59. The van der Waals surface area contributed by atoms with Crippen LogP contribution in [0.2, 0.25) is 0 Å². The lowest BCUT2D eigenvalue weighted by Gasteiger charge is -2.33. The van der Waals surface area contributed by atoms with Gasteiger partial charge >= 0.3 is 5.97 Å². The highest BCUT2D eigenvalue weighted by Crippen LogP contribution is 2.38. The molecule has 154 valence electrons. The Kier molecular flexibility index (Phi) is 6.80. The first-order chi connectivity index (χ1) is 13.6. The molecule has 1 heterocycles. The Balaban J connectivity index is 1.67. The molecule has 1 fully saturated rings. The number of methoxy groups -OCH3 is 2. The van der Waals surface area contributed by atoms with E-state index in [0.717, 1.165) is 24.1 Å². The van der Waals surface area contributed by atoms with Crippen LogP contribution in [0.15, 0.2) is 29.5 Å². The van der Waals surface area contributed by atoms with Gasteiger partial charge in [0.1, 0.15) is 0 Å². The lowest BCUT2D eigenvalue weighted by molar-refractivity contribution is -0.168. The van der Waals surface area contributed by atoms with Gasteiger partial charge in [0.15, 0.2) is 17.3 Å². The van der Waals surface area contributed by atoms with E-state index >= 15 is 0 Å². The molecule has 7 heteroatoms. The van der Waals surface area contributed by atoms with Crippen LogP contribution in [0.4, 0.5) is 0 Å². The minimum Gasteiger partial charge on any atom is -0.493 e. The van der Waals surface area contributed by atoms with Crippen molar-refractivity contribution in [3.8, 4) is 11.5 Å². The minimum absolute atomic E-state index is 0.297. The average Bonchev–Trinajstić information content (AvgIpc) is 3.17. The molecule has 2 aliphatic rings. The van der Waals surface area contributed by atoms with E-state index in [4.69, 9.17) is 23.7 Å². The van der Waals surface area contributed by atoms with E-state index in [-0.39, 0.29) is 5.97 Å². The molecule has 0 atom stereocenters. The van der Waals surface area contributed by atoms with Crippen molar-refractivity contribution in [1.29, 1.82) is 0 Å². The number of ether oxygens (including phenoxy) is 5. The Bertz CT molecular complexity index is 724. The Morgan fingerprint density at radius 2 is 1.93 bits per heavy atom. The van der Waals surface area contributed by atoms with Crippen LogP contribution >= 0.6 is 0 Å². The molecule has 1 spiro atoms. The van der Waals surface area contributed by atoms with Crippen LogP contribution in [0, 0.1) is 0 Å². The van der Waals surface area contributed by atoms with Gasteiger partial charge in [0, 0.05) is 25.1 Å². The molecule has 1 aromatic carbocycles. The second kappa shape index (κ2) is 9.30. The number of hydrogen-bond donors (Lipinski definition) is 1. The third-order valence-electron chi connectivity index (χ3n) is 5.10. The zero-order valence-corrected chi connectivity index (χ0v) is 16.8. The Hall–Kier alpha value is -2.25. The van der Waals surface area contributed by atoms with Gasteiger partial charge in [-0.15, -0.1) is 0 Å². The number of hydrogen-bond acceptors (Lipinski definition) is 7. The summed E-state index contributed by atoms with van der Waals surface area (Å²) in [5.41, 5.74) is 2.67. The fraction of sp³-hybridized carbons (Fsp3) is 0.571. The second-order valence-electron chi connectivity index (χ2n) is 6.83. The van der Waals surface area contributed by atoms with Gasteiger partial charge in [-0.3, -0.25) is 0 Å². The molecule has 0 amide bonds. The maximum atomic E-state index is 12.5. The van der Waals surface area contributed by atoms with Crippen molar-refractivity contribution in [3.05, 3.63) is 35.0 Å². The lowest BCUT2D eigenvalue weighted by atomic mass is 9.90. The van der Waals surface area contributed by atoms with Crippen LogP contribution in [-0.4, -0.2) is 52.3 Å². The Labute approximate surface area is 165 Å². The molecule has 0 unspecified atom stereocenters. The first-order valence-electron chi connectivity index (χ1n) is 9.72. The average molecular weight is 391 g/mol.